The van der Waals surface area contributed by atoms with Crippen molar-refractivity contribution in [2.75, 3.05) is 19.5 Å². The number of carbonyl (C=O) groups is 5. The Labute approximate surface area is 212 Å². The van der Waals surface area contributed by atoms with Gasteiger partial charge in [-0.2, -0.15) is 0 Å². The number of nitrogens with one attached hydrogen (secondary N) is 1. The molecule has 6 atom stereocenters. The van der Waals surface area contributed by atoms with Gasteiger partial charge < -0.3 is 29.0 Å². The lowest BCUT2D eigenvalue weighted by Gasteiger charge is -2.48. The van der Waals surface area contributed by atoms with E-state index in [0.29, 0.717) is 0 Å². The van der Waals surface area contributed by atoms with Crippen molar-refractivity contribution in [3.05, 3.63) is 23.1 Å². The molecule has 1 heterocycles. The maximum atomic E-state index is 12.9. The average molecular weight is 531 g/mol. The molecule has 1 amide bonds. The van der Waals surface area contributed by atoms with Crippen molar-refractivity contribution < 1.29 is 47.7 Å². The number of hydrogen-bond donors (Lipinski definition) is 1. The number of thioether (sulfide) groups is 1. The van der Waals surface area contributed by atoms with Crippen molar-refractivity contribution in [3.8, 4) is 0 Å². The van der Waals surface area contributed by atoms with Crippen LogP contribution in [0.4, 0.5) is 0 Å². The molecule has 0 aromatic carbocycles. The van der Waals surface area contributed by atoms with Crippen LogP contribution < -0.4 is 5.32 Å². The van der Waals surface area contributed by atoms with Crippen LogP contribution in [0.2, 0.25) is 0 Å². The van der Waals surface area contributed by atoms with Gasteiger partial charge in [-0.05, 0) is 5.53 Å². The molecule has 1 fully saturated rings. The maximum absolute atomic E-state index is 12.9. The fourth-order valence-corrected chi connectivity index (χ4v) is 4.67. The molecule has 200 valence electrons. The Morgan fingerprint density at radius 3 is 2.31 bits per heavy atom. The van der Waals surface area contributed by atoms with E-state index in [0.717, 1.165) is 39.6 Å². The largest absolute Gasteiger partial charge is 0.466 e. The third-order valence-electron chi connectivity index (χ3n) is 4.83. The van der Waals surface area contributed by atoms with E-state index in [9.17, 15) is 29.5 Å². The predicted octanol–water partition coefficient (Wildman–Crippen LogP) is 1.17. The van der Waals surface area contributed by atoms with E-state index in [1.807, 2.05) is 0 Å². The van der Waals surface area contributed by atoms with Crippen LogP contribution in [0.3, 0.4) is 0 Å². The molecule has 0 aromatic rings. The standard InChI is InChI=1S/C21H30N4O10S/c1-7-8-36-21(20(30)31-6)9-15(24-25-22)17(23-11(2)26)19(35-21)18(34-14(5)29)16(33-13(4)28)10-32-12(3)27/h7,15-19H,1,8-10H2,2-6H3,(H,23,26)/t15-,16+,17+,18+,19+,21-/m0/s1. The number of methoxy groups -OCH3 is 1. The van der Waals surface area contributed by atoms with Gasteiger partial charge in [0.15, 0.2) is 12.2 Å². The van der Waals surface area contributed by atoms with Gasteiger partial charge in [0.1, 0.15) is 12.7 Å². The van der Waals surface area contributed by atoms with Crippen LogP contribution >= 0.6 is 11.8 Å². The summed E-state index contributed by atoms with van der Waals surface area (Å²) in [7, 11) is 1.13. The van der Waals surface area contributed by atoms with Crippen molar-refractivity contribution in [3.63, 3.8) is 0 Å². The number of amides is 1. The molecule has 1 aliphatic rings. The second-order valence-corrected chi connectivity index (χ2v) is 8.94. The Morgan fingerprint density at radius 1 is 1.19 bits per heavy atom. The summed E-state index contributed by atoms with van der Waals surface area (Å²) in [6, 6.07) is -2.25. The monoisotopic (exact) mass is 530 g/mol. The van der Waals surface area contributed by atoms with Gasteiger partial charge >= 0.3 is 23.9 Å². The molecular formula is C21H30N4O10S. The number of rotatable bonds is 12. The SMILES string of the molecule is C=CCS[C@]1(C(=O)OC)C[C@H](N=[N+]=[N-])[C@@H](NC(C)=O)[C@H]([C@H](OC(C)=O)[C@@H](COC(C)=O)OC(C)=O)O1. The maximum Gasteiger partial charge on any atom is 0.348 e. The molecule has 0 saturated carbocycles. The van der Waals surface area contributed by atoms with Crippen molar-refractivity contribution in [2.45, 2.75) is 69.4 Å². The minimum absolute atomic E-state index is 0.203. The van der Waals surface area contributed by atoms with Gasteiger partial charge in [0.25, 0.3) is 0 Å². The van der Waals surface area contributed by atoms with Crippen molar-refractivity contribution in [2.24, 2.45) is 5.11 Å². The highest BCUT2D eigenvalue weighted by molar-refractivity contribution is 8.01. The first-order chi connectivity index (χ1) is 16.9. The van der Waals surface area contributed by atoms with Gasteiger partial charge in [-0.25, -0.2) is 4.79 Å². The molecule has 1 aliphatic heterocycles. The van der Waals surface area contributed by atoms with Gasteiger partial charge in [0.05, 0.1) is 19.2 Å². The molecule has 0 unspecified atom stereocenters. The smallest absolute Gasteiger partial charge is 0.348 e. The van der Waals surface area contributed by atoms with Crippen molar-refractivity contribution >= 4 is 41.5 Å². The summed E-state index contributed by atoms with van der Waals surface area (Å²) in [5.41, 5.74) is 9.21. The van der Waals surface area contributed by atoms with E-state index in [1.165, 1.54) is 13.0 Å². The fraction of sp³-hybridized carbons (Fsp3) is 0.667. The third-order valence-corrected chi connectivity index (χ3v) is 6.13. The highest BCUT2D eigenvalue weighted by Gasteiger charge is 2.57. The summed E-state index contributed by atoms with van der Waals surface area (Å²) in [4.78, 5) is 61.4. The van der Waals surface area contributed by atoms with Crippen LogP contribution in [-0.2, 0) is 47.7 Å². The summed E-state index contributed by atoms with van der Waals surface area (Å²) in [6.07, 6.45) is -3.09. The van der Waals surface area contributed by atoms with Crippen LogP contribution in [0.15, 0.2) is 17.8 Å². The summed E-state index contributed by atoms with van der Waals surface area (Å²) in [5.74, 6) is -3.55. The second kappa shape index (κ2) is 14.3. The quantitative estimate of drug-likeness (QED) is 0.0950. The summed E-state index contributed by atoms with van der Waals surface area (Å²) in [6.45, 7) is 7.55. The van der Waals surface area contributed by atoms with E-state index in [1.54, 1.807) is 0 Å². The molecule has 1 saturated heterocycles. The van der Waals surface area contributed by atoms with Gasteiger partial charge in [-0.3, -0.25) is 19.2 Å². The van der Waals surface area contributed by atoms with E-state index < -0.39 is 71.7 Å². The Bertz CT molecular complexity index is 909. The summed E-state index contributed by atoms with van der Waals surface area (Å²) < 4.78 is 26.8. The van der Waals surface area contributed by atoms with Crippen LogP contribution in [-0.4, -0.2) is 84.6 Å². The second-order valence-electron chi connectivity index (χ2n) is 7.65. The summed E-state index contributed by atoms with van der Waals surface area (Å²) in [5, 5.41) is 6.34. The molecule has 0 bridgehead atoms. The molecule has 14 nitrogen and oxygen atoms in total. The highest BCUT2D eigenvalue weighted by atomic mass is 32.2. The third kappa shape index (κ3) is 8.73. The number of ether oxygens (including phenoxy) is 5. The first kappa shape index (κ1) is 30.7. The number of hydrogen-bond acceptors (Lipinski definition) is 12. The van der Waals surface area contributed by atoms with Gasteiger partial charge in [-0.15, -0.1) is 18.3 Å². The predicted molar refractivity (Wildman–Crippen MR) is 125 cm³/mol. The minimum Gasteiger partial charge on any atom is -0.466 e. The molecule has 15 heteroatoms. The lowest BCUT2D eigenvalue weighted by Crippen LogP contribution is -2.67. The zero-order chi connectivity index (χ0) is 27.5. The zero-order valence-corrected chi connectivity index (χ0v) is 21.4. The van der Waals surface area contributed by atoms with E-state index in [2.05, 4.69) is 21.9 Å². The van der Waals surface area contributed by atoms with E-state index >= 15 is 0 Å². The Morgan fingerprint density at radius 2 is 1.83 bits per heavy atom. The molecule has 1 N–H and O–H groups in total. The Balaban J connectivity index is 3.77. The molecular weight excluding hydrogens is 500 g/mol. The van der Waals surface area contributed by atoms with Crippen LogP contribution in [0, 0.1) is 0 Å². The highest BCUT2D eigenvalue weighted by Crippen LogP contribution is 2.42. The first-order valence-electron chi connectivity index (χ1n) is 10.7. The number of azide groups is 1. The normalized spacial score (nSPS) is 24.6. The number of nitrogens with zero attached hydrogens (tertiary/aromatic N) is 3. The number of esters is 4. The number of carbonyl (C=O) groups excluding carboxylic acids is 5. The summed E-state index contributed by atoms with van der Waals surface area (Å²) >= 11 is 0.968. The van der Waals surface area contributed by atoms with Crippen molar-refractivity contribution in [1.29, 1.82) is 0 Å². The van der Waals surface area contributed by atoms with Gasteiger partial charge in [0, 0.05) is 44.8 Å². The lowest BCUT2D eigenvalue weighted by atomic mass is 9.88. The van der Waals surface area contributed by atoms with Crippen molar-refractivity contribution in [1.82, 2.24) is 5.32 Å². The lowest BCUT2D eigenvalue weighted by molar-refractivity contribution is -0.211. The Hall–Kier alpha value is -3.29. The van der Waals surface area contributed by atoms with E-state index in [4.69, 9.17) is 23.7 Å². The topological polar surface area (TPSA) is 192 Å². The van der Waals surface area contributed by atoms with Crippen LogP contribution in [0.25, 0.3) is 10.4 Å². The molecule has 0 aliphatic carbocycles. The van der Waals surface area contributed by atoms with Crippen LogP contribution in [0.5, 0.6) is 0 Å². The molecule has 0 aromatic heterocycles. The van der Waals surface area contributed by atoms with Gasteiger partial charge in [0.2, 0.25) is 10.8 Å². The molecule has 1 rings (SSSR count). The average Bonchev–Trinajstić information content (AvgIpc) is 2.79. The zero-order valence-electron chi connectivity index (χ0n) is 20.6. The first-order valence-corrected chi connectivity index (χ1v) is 11.7. The van der Waals surface area contributed by atoms with Gasteiger partial charge in [-0.1, -0.05) is 11.2 Å². The minimum atomic E-state index is -1.79. The molecule has 36 heavy (non-hydrogen) atoms. The van der Waals surface area contributed by atoms with Crippen LogP contribution in [0.1, 0.15) is 34.1 Å². The molecule has 0 spiro atoms. The molecule has 0 radical (unpaired) electrons. The fourth-order valence-electron chi connectivity index (χ4n) is 3.61. The van der Waals surface area contributed by atoms with E-state index in [-0.39, 0.29) is 12.2 Å². The Kier molecular flexibility index (Phi) is 12.2.